The van der Waals surface area contributed by atoms with Gasteiger partial charge in [0.25, 0.3) is 0 Å². The van der Waals surface area contributed by atoms with Crippen LogP contribution < -0.4 is 5.32 Å². The highest BCUT2D eigenvalue weighted by molar-refractivity contribution is 5.34. The molecule has 2 aromatic rings. The van der Waals surface area contributed by atoms with Crippen LogP contribution in [0.25, 0.3) is 6.20 Å². The lowest BCUT2D eigenvalue weighted by Crippen LogP contribution is -2.18. The molecule has 0 saturated heterocycles. The molecule has 0 bridgehead atoms. The van der Waals surface area contributed by atoms with Gasteiger partial charge in [0.1, 0.15) is 0 Å². The Balaban J connectivity index is 1.66. The van der Waals surface area contributed by atoms with Gasteiger partial charge in [0, 0.05) is 30.5 Å². The second kappa shape index (κ2) is 4.78. The van der Waals surface area contributed by atoms with Crippen molar-refractivity contribution in [1.29, 1.82) is 0 Å². The van der Waals surface area contributed by atoms with E-state index >= 15 is 0 Å². The maximum Gasteiger partial charge on any atom is 0.0538 e. The number of hydrogen-bond acceptors (Lipinski definition) is 2. The summed E-state index contributed by atoms with van der Waals surface area (Å²) in [6.07, 6.45) is 7.96. The molecule has 18 heavy (non-hydrogen) atoms. The smallest absolute Gasteiger partial charge is 0.0538 e. The van der Waals surface area contributed by atoms with Gasteiger partial charge in [-0.25, -0.2) is 4.68 Å². The predicted octanol–water partition coefficient (Wildman–Crippen LogP) is 2.76. The van der Waals surface area contributed by atoms with Crippen LogP contribution in [0.4, 0.5) is 0 Å². The Morgan fingerprint density at radius 2 is 2.33 bits per heavy atom. The molecule has 0 saturated carbocycles. The summed E-state index contributed by atoms with van der Waals surface area (Å²) in [5.41, 5.74) is 4.13. The fourth-order valence-electron chi connectivity index (χ4n) is 2.58. The van der Waals surface area contributed by atoms with Crippen LogP contribution in [-0.2, 0) is 13.0 Å². The quantitative estimate of drug-likeness (QED) is 0.889. The lowest BCUT2D eigenvalue weighted by Gasteiger charge is -2.12. The van der Waals surface area contributed by atoms with Crippen LogP contribution in [0.5, 0.6) is 0 Å². The fraction of sp³-hybridized carbons (Fsp3) is 0.267. The third-order valence-electron chi connectivity index (χ3n) is 3.53. The molecule has 1 unspecified atom stereocenters. The summed E-state index contributed by atoms with van der Waals surface area (Å²) in [5.74, 6) is 0. The van der Waals surface area contributed by atoms with Crippen molar-refractivity contribution in [2.75, 3.05) is 0 Å². The van der Waals surface area contributed by atoms with Gasteiger partial charge < -0.3 is 5.32 Å². The molecule has 1 aliphatic rings. The van der Waals surface area contributed by atoms with Crippen LogP contribution in [0.3, 0.4) is 0 Å². The highest BCUT2D eigenvalue weighted by Crippen LogP contribution is 2.30. The van der Waals surface area contributed by atoms with Crippen molar-refractivity contribution in [3.05, 3.63) is 59.9 Å². The van der Waals surface area contributed by atoms with Gasteiger partial charge in [0.05, 0.1) is 6.20 Å². The van der Waals surface area contributed by atoms with Gasteiger partial charge in [-0.3, -0.25) is 0 Å². The molecule has 3 heteroatoms. The first-order valence-corrected chi connectivity index (χ1v) is 6.33. The van der Waals surface area contributed by atoms with E-state index in [2.05, 4.69) is 41.3 Å². The molecule has 3 rings (SSSR count). The van der Waals surface area contributed by atoms with Crippen molar-refractivity contribution < 1.29 is 0 Å². The molecule has 1 aromatic heterocycles. The van der Waals surface area contributed by atoms with Crippen molar-refractivity contribution in [3.63, 3.8) is 0 Å². The summed E-state index contributed by atoms with van der Waals surface area (Å²) < 4.78 is 1.74. The minimum absolute atomic E-state index is 0.480. The molecule has 1 N–H and O–H groups in total. The summed E-state index contributed by atoms with van der Waals surface area (Å²) in [6.45, 7) is 4.55. The highest BCUT2D eigenvalue weighted by Gasteiger charge is 2.20. The molecule has 1 aromatic carbocycles. The molecule has 1 heterocycles. The molecule has 3 nitrogen and oxygen atoms in total. The van der Waals surface area contributed by atoms with Crippen molar-refractivity contribution in [2.24, 2.45) is 0 Å². The second-order valence-corrected chi connectivity index (χ2v) is 4.68. The maximum absolute atomic E-state index is 4.18. The lowest BCUT2D eigenvalue weighted by molar-refractivity contribution is 0.530. The van der Waals surface area contributed by atoms with Crippen molar-refractivity contribution in [3.8, 4) is 0 Å². The minimum atomic E-state index is 0.480. The van der Waals surface area contributed by atoms with E-state index in [0.717, 1.165) is 6.54 Å². The average Bonchev–Trinajstić information content (AvgIpc) is 3.03. The lowest BCUT2D eigenvalue weighted by atomic mass is 10.1. The van der Waals surface area contributed by atoms with Gasteiger partial charge in [-0.2, -0.15) is 5.10 Å². The Labute approximate surface area is 107 Å². The zero-order valence-electron chi connectivity index (χ0n) is 10.3. The van der Waals surface area contributed by atoms with Gasteiger partial charge in [0.15, 0.2) is 0 Å². The number of benzene rings is 1. The first-order valence-electron chi connectivity index (χ1n) is 6.33. The van der Waals surface area contributed by atoms with Crippen LogP contribution in [-0.4, -0.2) is 9.78 Å². The average molecular weight is 239 g/mol. The Hall–Kier alpha value is -1.87. The largest absolute Gasteiger partial charge is 0.306 e. The van der Waals surface area contributed by atoms with Gasteiger partial charge in [-0.1, -0.05) is 30.8 Å². The van der Waals surface area contributed by atoms with Crippen LogP contribution in [0.2, 0.25) is 0 Å². The first kappa shape index (κ1) is 11.2. The van der Waals surface area contributed by atoms with Crippen LogP contribution in [0, 0.1) is 0 Å². The Morgan fingerprint density at radius 1 is 1.44 bits per heavy atom. The van der Waals surface area contributed by atoms with E-state index in [-0.39, 0.29) is 0 Å². The van der Waals surface area contributed by atoms with E-state index in [0.29, 0.717) is 6.04 Å². The van der Waals surface area contributed by atoms with E-state index in [1.54, 1.807) is 10.9 Å². The standard InChI is InChI=1S/C15H17N3/c1-2-18-11-12(10-17-18)9-16-15-8-7-13-5-3-4-6-14(13)15/h2-6,10-11,15-16H,1,7-9H2. The monoisotopic (exact) mass is 239 g/mol. The number of hydrogen-bond donors (Lipinski definition) is 1. The second-order valence-electron chi connectivity index (χ2n) is 4.68. The Bertz CT molecular complexity index is 556. The summed E-state index contributed by atoms with van der Waals surface area (Å²) in [6, 6.07) is 9.18. The molecule has 0 aliphatic heterocycles. The normalized spacial score (nSPS) is 17.7. The molecule has 0 amide bonds. The zero-order valence-corrected chi connectivity index (χ0v) is 10.3. The fourth-order valence-corrected chi connectivity index (χ4v) is 2.58. The van der Waals surface area contributed by atoms with E-state index in [9.17, 15) is 0 Å². The first-order chi connectivity index (χ1) is 8.86. The van der Waals surface area contributed by atoms with Crippen molar-refractivity contribution in [2.45, 2.75) is 25.4 Å². The summed E-state index contributed by atoms with van der Waals surface area (Å²) in [7, 11) is 0. The number of nitrogens with zero attached hydrogens (tertiary/aromatic N) is 2. The molecule has 1 aliphatic carbocycles. The molecule has 1 atom stereocenters. The minimum Gasteiger partial charge on any atom is -0.306 e. The number of rotatable bonds is 4. The van der Waals surface area contributed by atoms with Crippen molar-refractivity contribution in [1.82, 2.24) is 15.1 Å². The Kier molecular flexibility index (Phi) is 2.99. The van der Waals surface area contributed by atoms with E-state index in [1.165, 1.54) is 29.5 Å². The third kappa shape index (κ3) is 2.09. The topological polar surface area (TPSA) is 29.9 Å². The third-order valence-corrected chi connectivity index (χ3v) is 3.53. The van der Waals surface area contributed by atoms with Crippen LogP contribution in [0.15, 0.2) is 43.2 Å². The molecule has 0 spiro atoms. The summed E-state index contributed by atoms with van der Waals surface area (Å²) >= 11 is 0. The maximum atomic E-state index is 4.18. The van der Waals surface area contributed by atoms with E-state index in [1.807, 2.05) is 12.4 Å². The number of aromatic nitrogens is 2. The van der Waals surface area contributed by atoms with Crippen LogP contribution in [0.1, 0.15) is 29.2 Å². The van der Waals surface area contributed by atoms with Gasteiger partial charge in [0.2, 0.25) is 0 Å². The van der Waals surface area contributed by atoms with Gasteiger partial charge in [-0.15, -0.1) is 0 Å². The van der Waals surface area contributed by atoms with E-state index in [4.69, 9.17) is 0 Å². The number of fused-ring (bicyclic) bond motifs is 1. The van der Waals surface area contributed by atoms with E-state index < -0.39 is 0 Å². The molecule has 92 valence electrons. The number of nitrogens with one attached hydrogen (secondary N) is 1. The summed E-state index contributed by atoms with van der Waals surface area (Å²) in [4.78, 5) is 0. The highest BCUT2D eigenvalue weighted by atomic mass is 15.2. The SMILES string of the molecule is C=Cn1cc(CNC2CCc3ccccc32)cn1. The van der Waals surface area contributed by atoms with Gasteiger partial charge in [-0.05, 0) is 24.0 Å². The summed E-state index contributed by atoms with van der Waals surface area (Å²) in [5, 5.41) is 7.79. The van der Waals surface area contributed by atoms with Crippen LogP contribution >= 0.6 is 0 Å². The predicted molar refractivity (Wildman–Crippen MR) is 73.0 cm³/mol. The molecular weight excluding hydrogens is 222 g/mol. The Morgan fingerprint density at radius 3 is 3.17 bits per heavy atom. The molecule has 0 radical (unpaired) electrons. The van der Waals surface area contributed by atoms with Crippen molar-refractivity contribution >= 4 is 6.20 Å². The molecular formula is C15H17N3. The zero-order chi connectivity index (χ0) is 12.4. The van der Waals surface area contributed by atoms with Gasteiger partial charge >= 0.3 is 0 Å². The molecule has 0 fully saturated rings. The number of aryl methyl sites for hydroxylation is 1.